The minimum absolute atomic E-state index is 0.0601. The molecule has 0 aromatic heterocycles. The Morgan fingerprint density at radius 1 is 1.35 bits per heavy atom. The third-order valence-electron chi connectivity index (χ3n) is 5.33. The fourth-order valence-corrected chi connectivity index (χ4v) is 5.50. The summed E-state index contributed by atoms with van der Waals surface area (Å²) < 4.78 is 56.9. The molecular weight excluding hydrogens is 334 g/mol. The topological polar surface area (TPSA) is 86.7 Å². The van der Waals surface area contributed by atoms with E-state index in [4.69, 9.17) is 4.18 Å². The molecule has 2 bridgehead atoms. The fourth-order valence-electron chi connectivity index (χ4n) is 3.82. The number of alkyl halides is 2. The lowest BCUT2D eigenvalue weighted by molar-refractivity contribution is -0.157. The highest BCUT2D eigenvalue weighted by molar-refractivity contribution is 7.86. The summed E-state index contributed by atoms with van der Waals surface area (Å²) in [5, 5.41) is 0. The predicted octanol–water partition coefficient (Wildman–Crippen LogP) is 1.54. The van der Waals surface area contributed by atoms with Gasteiger partial charge in [-0.15, -0.1) is 0 Å². The predicted molar refractivity (Wildman–Crippen MR) is 75.3 cm³/mol. The quantitative estimate of drug-likeness (QED) is 0.392. The molecule has 2 unspecified atom stereocenters. The summed E-state index contributed by atoms with van der Waals surface area (Å²) in [6.07, 6.45) is -1.57. The van der Waals surface area contributed by atoms with Crippen LogP contribution in [-0.4, -0.2) is 45.6 Å². The average Bonchev–Trinajstić information content (AvgIpc) is 2.76. The van der Waals surface area contributed by atoms with Crippen LogP contribution in [0.1, 0.15) is 33.1 Å². The maximum Gasteiger partial charge on any atom is 0.373 e. The van der Waals surface area contributed by atoms with E-state index in [9.17, 15) is 26.8 Å². The number of halogens is 2. The largest absolute Gasteiger partial charge is 0.459 e. The smallest absolute Gasteiger partial charge is 0.373 e. The van der Waals surface area contributed by atoms with E-state index in [-0.39, 0.29) is 11.7 Å². The summed E-state index contributed by atoms with van der Waals surface area (Å²) in [7, 11) is -4.03. The van der Waals surface area contributed by atoms with Gasteiger partial charge in [0.25, 0.3) is 10.1 Å². The minimum Gasteiger partial charge on any atom is -0.459 e. The van der Waals surface area contributed by atoms with Crippen LogP contribution >= 0.6 is 0 Å². The Labute approximate surface area is 133 Å². The highest BCUT2D eigenvalue weighted by Crippen LogP contribution is 2.64. The van der Waals surface area contributed by atoms with Crippen molar-refractivity contribution in [3.8, 4) is 0 Å². The third kappa shape index (κ3) is 3.26. The second kappa shape index (κ2) is 6.08. The molecule has 2 saturated carbocycles. The highest BCUT2D eigenvalue weighted by Gasteiger charge is 2.65. The van der Waals surface area contributed by atoms with Crippen molar-refractivity contribution in [3.63, 3.8) is 0 Å². The van der Waals surface area contributed by atoms with E-state index in [2.05, 4.69) is 4.74 Å². The molecule has 0 radical (unpaired) electrons. The van der Waals surface area contributed by atoms with Crippen LogP contribution in [0.3, 0.4) is 0 Å². The molecule has 132 valence electrons. The second-order valence-electron chi connectivity index (χ2n) is 6.66. The zero-order valence-corrected chi connectivity index (χ0v) is 13.8. The van der Waals surface area contributed by atoms with Crippen LogP contribution in [0.25, 0.3) is 0 Å². The molecule has 23 heavy (non-hydrogen) atoms. The number of ether oxygens (including phenoxy) is 1. The molecule has 0 heterocycles. The lowest BCUT2D eigenvalue weighted by atomic mass is 9.70. The van der Waals surface area contributed by atoms with Crippen molar-refractivity contribution in [2.24, 2.45) is 16.7 Å². The van der Waals surface area contributed by atoms with Gasteiger partial charge in [-0.2, -0.15) is 17.2 Å². The van der Waals surface area contributed by atoms with E-state index in [1.165, 1.54) is 0 Å². The van der Waals surface area contributed by atoms with Crippen molar-refractivity contribution in [2.45, 2.75) is 39.5 Å². The lowest BCUT2D eigenvalue weighted by Crippen LogP contribution is -2.42. The van der Waals surface area contributed by atoms with Crippen molar-refractivity contribution < 1.29 is 35.7 Å². The molecule has 0 aliphatic heterocycles. The molecule has 0 aromatic rings. The number of ketones is 1. The summed E-state index contributed by atoms with van der Waals surface area (Å²) in [4.78, 5) is 22.8. The normalized spacial score (nSPS) is 29.3. The van der Waals surface area contributed by atoms with Gasteiger partial charge in [0.15, 0.2) is 0 Å². The van der Waals surface area contributed by atoms with Gasteiger partial charge < -0.3 is 4.74 Å². The van der Waals surface area contributed by atoms with Crippen molar-refractivity contribution in [1.82, 2.24) is 0 Å². The maximum atomic E-state index is 12.3. The number of fused-ring (bicyclic) bond motifs is 2. The highest BCUT2D eigenvalue weighted by atomic mass is 32.2. The van der Waals surface area contributed by atoms with E-state index in [1.54, 1.807) is 0 Å². The van der Waals surface area contributed by atoms with E-state index in [0.29, 0.717) is 12.8 Å². The number of hydrogen-bond acceptors (Lipinski definition) is 6. The van der Waals surface area contributed by atoms with Crippen molar-refractivity contribution in [1.29, 1.82) is 0 Å². The summed E-state index contributed by atoms with van der Waals surface area (Å²) in [6, 6.07) is 0. The SMILES string of the molecule is CC1(C)C2CCC1(CS(=O)(=O)OCCOC(=O)C(F)F)C(=O)C2. The molecule has 0 amide bonds. The van der Waals surface area contributed by atoms with E-state index < -0.39 is 52.3 Å². The van der Waals surface area contributed by atoms with Crippen molar-refractivity contribution >= 4 is 21.9 Å². The molecule has 0 saturated heterocycles. The first-order chi connectivity index (χ1) is 10.5. The number of carbonyl (C=O) groups excluding carboxylic acids is 2. The molecule has 0 aromatic carbocycles. The zero-order valence-electron chi connectivity index (χ0n) is 13.0. The Morgan fingerprint density at radius 3 is 2.48 bits per heavy atom. The van der Waals surface area contributed by atoms with Gasteiger partial charge in [-0.3, -0.25) is 8.98 Å². The van der Waals surface area contributed by atoms with Crippen LogP contribution in [0.4, 0.5) is 8.78 Å². The summed E-state index contributed by atoms with van der Waals surface area (Å²) in [6.45, 7) is 2.66. The number of rotatable bonds is 7. The van der Waals surface area contributed by atoms with Gasteiger partial charge in [0.1, 0.15) is 19.0 Å². The molecule has 6 nitrogen and oxygen atoms in total. The third-order valence-corrected chi connectivity index (χ3v) is 6.70. The molecule has 0 spiro atoms. The first-order valence-electron chi connectivity index (χ1n) is 7.37. The molecule has 9 heteroatoms. The summed E-state index contributed by atoms with van der Waals surface area (Å²) in [5.74, 6) is -2.03. The molecular formula is C14H20F2O6S. The van der Waals surface area contributed by atoms with Crippen molar-refractivity contribution in [3.05, 3.63) is 0 Å². The van der Waals surface area contributed by atoms with E-state index >= 15 is 0 Å². The van der Waals surface area contributed by atoms with Crippen molar-refractivity contribution in [2.75, 3.05) is 19.0 Å². The Morgan fingerprint density at radius 2 is 2.00 bits per heavy atom. The zero-order chi connectivity index (χ0) is 17.5. The van der Waals surface area contributed by atoms with Gasteiger partial charge in [-0.05, 0) is 24.2 Å². The number of Topliss-reactive ketones (excluding diaryl/α,β-unsaturated/α-hetero) is 1. The van der Waals surface area contributed by atoms with E-state index in [0.717, 1.165) is 6.42 Å². The first kappa shape index (κ1) is 18.3. The molecule has 0 N–H and O–H groups in total. The number of carbonyl (C=O) groups is 2. The Hall–Kier alpha value is -1.09. The van der Waals surface area contributed by atoms with Gasteiger partial charge in [-0.1, -0.05) is 13.8 Å². The lowest BCUT2D eigenvalue weighted by Gasteiger charge is -2.35. The van der Waals surface area contributed by atoms with E-state index in [1.807, 2.05) is 13.8 Å². The second-order valence-corrected chi connectivity index (χ2v) is 8.30. The standard InChI is InChI=1S/C14H20F2O6S/c1-13(2)9-3-4-14(13,10(17)7-9)8-23(19,20)22-6-5-21-12(18)11(15)16/h9,11H,3-8H2,1-2H3. The monoisotopic (exact) mass is 354 g/mol. The van der Waals surface area contributed by atoms with Crippen LogP contribution in [0, 0.1) is 16.7 Å². The van der Waals surface area contributed by atoms with Gasteiger partial charge in [0, 0.05) is 6.42 Å². The minimum atomic E-state index is -4.03. The molecule has 2 rings (SSSR count). The molecule has 2 fully saturated rings. The number of hydrogen-bond donors (Lipinski definition) is 0. The summed E-state index contributed by atoms with van der Waals surface area (Å²) >= 11 is 0. The Balaban J connectivity index is 1.94. The average molecular weight is 354 g/mol. The Bertz CT molecular complexity index is 600. The molecule has 2 atom stereocenters. The van der Waals surface area contributed by atoms with Crippen LogP contribution in [0.5, 0.6) is 0 Å². The van der Waals surface area contributed by atoms with Crippen LogP contribution in [0.15, 0.2) is 0 Å². The first-order valence-corrected chi connectivity index (χ1v) is 8.95. The van der Waals surface area contributed by atoms with Gasteiger partial charge in [-0.25, -0.2) is 4.79 Å². The van der Waals surface area contributed by atoms with Crippen LogP contribution in [0.2, 0.25) is 0 Å². The Kier molecular flexibility index (Phi) is 4.83. The van der Waals surface area contributed by atoms with Gasteiger partial charge in [0.05, 0.1) is 11.2 Å². The number of esters is 1. The molecule has 2 aliphatic carbocycles. The van der Waals surface area contributed by atoms with Crippen LogP contribution in [-0.2, 0) is 28.6 Å². The molecule has 2 aliphatic rings. The van der Waals surface area contributed by atoms with Gasteiger partial charge in [0.2, 0.25) is 0 Å². The maximum absolute atomic E-state index is 12.3. The fraction of sp³-hybridized carbons (Fsp3) is 0.857. The van der Waals surface area contributed by atoms with Crippen LogP contribution < -0.4 is 0 Å². The summed E-state index contributed by atoms with van der Waals surface area (Å²) in [5.41, 5.74) is -1.36. The van der Waals surface area contributed by atoms with Gasteiger partial charge >= 0.3 is 12.4 Å².